The molecule has 92 valence electrons. The number of piperidine rings is 1. The van der Waals surface area contributed by atoms with Gasteiger partial charge in [-0.2, -0.15) is 0 Å². The van der Waals surface area contributed by atoms with Gasteiger partial charge in [-0.3, -0.25) is 4.90 Å². The van der Waals surface area contributed by atoms with Gasteiger partial charge >= 0.3 is 0 Å². The molecule has 2 saturated heterocycles. The highest BCUT2D eigenvalue weighted by Crippen LogP contribution is 2.38. The molecular weight excluding hydrogens is 200 g/mol. The molecule has 0 amide bonds. The Bertz CT molecular complexity index is 250. The Labute approximate surface area is 98.4 Å². The zero-order valence-corrected chi connectivity index (χ0v) is 10.3. The van der Waals surface area contributed by atoms with E-state index in [9.17, 15) is 5.11 Å². The van der Waals surface area contributed by atoms with Crippen LogP contribution in [-0.4, -0.2) is 60.3 Å². The number of fused-ring (bicyclic) bond motifs is 2. The molecule has 0 aromatic carbocycles. The first-order chi connectivity index (χ1) is 7.75. The molecule has 3 fully saturated rings. The van der Waals surface area contributed by atoms with Crippen molar-refractivity contribution >= 4 is 0 Å². The van der Waals surface area contributed by atoms with E-state index in [1.807, 2.05) is 0 Å². The second-order valence-electron chi connectivity index (χ2n) is 6.02. The van der Waals surface area contributed by atoms with Crippen LogP contribution in [0.25, 0.3) is 0 Å². The molecule has 0 radical (unpaired) electrons. The van der Waals surface area contributed by atoms with E-state index in [1.54, 1.807) is 0 Å². The highest BCUT2D eigenvalue weighted by molar-refractivity contribution is 4.98. The summed E-state index contributed by atoms with van der Waals surface area (Å²) >= 11 is 0. The molecule has 4 atom stereocenters. The molecule has 2 aliphatic heterocycles. The number of aliphatic hydroxyl groups is 1. The molecule has 1 saturated carbocycles. The average molecular weight is 224 g/mol. The summed E-state index contributed by atoms with van der Waals surface area (Å²) < 4.78 is 0. The minimum atomic E-state index is -0.0319. The molecule has 3 rings (SSSR count). The fourth-order valence-corrected chi connectivity index (χ4v) is 4.14. The van der Waals surface area contributed by atoms with Crippen LogP contribution in [0.4, 0.5) is 0 Å². The van der Waals surface area contributed by atoms with E-state index in [0.29, 0.717) is 17.9 Å². The molecule has 2 heterocycles. The van der Waals surface area contributed by atoms with Crippen LogP contribution >= 0.6 is 0 Å². The van der Waals surface area contributed by atoms with Crippen LogP contribution in [0.1, 0.15) is 25.7 Å². The highest BCUT2D eigenvalue weighted by Gasteiger charge is 2.44. The van der Waals surface area contributed by atoms with Crippen LogP contribution in [0.2, 0.25) is 0 Å². The van der Waals surface area contributed by atoms with Crippen LogP contribution in [0.5, 0.6) is 0 Å². The lowest BCUT2D eigenvalue weighted by molar-refractivity contribution is -0.0800. The van der Waals surface area contributed by atoms with Crippen molar-refractivity contribution in [3.63, 3.8) is 0 Å². The average Bonchev–Trinajstić information content (AvgIpc) is 2.74. The number of hydrogen-bond donors (Lipinski definition) is 1. The molecule has 1 aliphatic carbocycles. The standard InChI is InChI=1S/C13H24N2O/c1-14-8-10-4-5-12(11(9-14)13(10)16)15-6-2-3-7-15/h10-13,16H,2-9H2,1H3/t10-,11-,12-,13+/m0/s1. The van der Waals surface area contributed by atoms with Crippen LogP contribution in [0.3, 0.4) is 0 Å². The minimum absolute atomic E-state index is 0.0319. The second kappa shape index (κ2) is 4.28. The quantitative estimate of drug-likeness (QED) is 0.713. The molecular formula is C13H24N2O. The van der Waals surface area contributed by atoms with Crippen LogP contribution < -0.4 is 0 Å². The molecule has 3 aliphatic rings. The van der Waals surface area contributed by atoms with E-state index in [-0.39, 0.29) is 6.10 Å². The van der Waals surface area contributed by atoms with Crippen molar-refractivity contribution in [1.29, 1.82) is 0 Å². The van der Waals surface area contributed by atoms with E-state index in [2.05, 4.69) is 16.8 Å². The van der Waals surface area contributed by atoms with Crippen molar-refractivity contribution in [3.8, 4) is 0 Å². The summed E-state index contributed by atoms with van der Waals surface area (Å²) in [6.07, 6.45) is 5.23. The number of likely N-dealkylation sites (tertiary alicyclic amines) is 2. The highest BCUT2D eigenvalue weighted by atomic mass is 16.3. The maximum absolute atomic E-state index is 10.4. The van der Waals surface area contributed by atoms with Gasteiger partial charge in [-0.25, -0.2) is 0 Å². The van der Waals surface area contributed by atoms with Gasteiger partial charge in [-0.1, -0.05) is 0 Å². The lowest BCUT2D eigenvalue weighted by atomic mass is 9.72. The Balaban J connectivity index is 1.74. The fraction of sp³-hybridized carbons (Fsp3) is 1.00. The number of rotatable bonds is 1. The summed E-state index contributed by atoms with van der Waals surface area (Å²) in [6.45, 7) is 4.73. The molecule has 0 aromatic heterocycles. The van der Waals surface area contributed by atoms with E-state index < -0.39 is 0 Å². The summed E-state index contributed by atoms with van der Waals surface area (Å²) in [5.74, 6) is 1.05. The zero-order chi connectivity index (χ0) is 11.1. The van der Waals surface area contributed by atoms with Crippen LogP contribution in [0.15, 0.2) is 0 Å². The molecule has 2 bridgehead atoms. The molecule has 3 nitrogen and oxygen atoms in total. The topological polar surface area (TPSA) is 26.7 Å². The minimum Gasteiger partial charge on any atom is -0.392 e. The molecule has 0 unspecified atom stereocenters. The van der Waals surface area contributed by atoms with Gasteiger partial charge in [0, 0.05) is 25.0 Å². The lowest BCUT2D eigenvalue weighted by Crippen LogP contribution is -2.58. The molecule has 0 spiro atoms. The normalized spacial score (nSPS) is 46.1. The van der Waals surface area contributed by atoms with Gasteiger partial charge in [0.15, 0.2) is 0 Å². The van der Waals surface area contributed by atoms with Gasteiger partial charge in [0.25, 0.3) is 0 Å². The molecule has 1 N–H and O–H groups in total. The Kier molecular flexibility index (Phi) is 2.94. The number of nitrogens with zero attached hydrogens (tertiary/aromatic N) is 2. The van der Waals surface area contributed by atoms with E-state index in [1.165, 1.54) is 38.8 Å². The van der Waals surface area contributed by atoms with Crippen molar-refractivity contribution in [2.24, 2.45) is 11.8 Å². The third kappa shape index (κ3) is 1.79. The van der Waals surface area contributed by atoms with Crippen molar-refractivity contribution in [2.75, 3.05) is 33.2 Å². The van der Waals surface area contributed by atoms with Crippen LogP contribution in [0, 0.1) is 11.8 Å². The first kappa shape index (κ1) is 11.0. The predicted octanol–water partition coefficient (Wildman–Crippen LogP) is 0.783. The summed E-state index contributed by atoms with van der Waals surface area (Å²) in [5.41, 5.74) is 0. The van der Waals surface area contributed by atoms with Crippen molar-refractivity contribution in [1.82, 2.24) is 9.80 Å². The van der Waals surface area contributed by atoms with E-state index in [0.717, 1.165) is 13.1 Å². The maximum atomic E-state index is 10.4. The number of hydrogen-bond acceptors (Lipinski definition) is 3. The van der Waals surface area contributed by atoms with Crippen molar-refractivity contribution in [2.45, 2.75) is 37.8 Å². The Morgan fingerprint density at radius 2 is 1.81 bits per heavy atom. The van der Waals surface area contributed by atoms with E-state index >= 15 is 0 Å². The molecule has 16 heavy (non-hydrogen) atoms. The van der Waals surface area contributed by atoms with Crippen LogP contribution in [-0.2, 0) is 0 Å². The third-order valence-corrected chi connectivity index (χ3v) is 4.93. The third-order valence-electron chi connectivity index (χ3n) is 4.93. The molecule has 3 heteroatoms. The van der Waals surface area contributed by atoms with Crippen molar-refractivity contribution < 1.29 is 5.11 Å². The maximum Gasteiger partial charge on any atom is 0.0635 e. The monoisotopic (exact) mass is 224 g/mol. The van der Waals surface area contributed by atoms with Gasteiger partial charge < -0.3 is 10.0 Å². The SMILES string of the molecule is CN1C[C@@H]2CC[C@H](N3CCCC3)[C@H](C1)[C@@H]2O. The van der Waals surface area contributed by atoms with Gasteiger partial charge in [0.05, 0.1) is 6.10 Å². The largest absolute Gasteiger partial charge is 0.392 e. The van der Waals surface area contributed by atoms with Crippen molar-refractivity contribution in [3.05, 3.63) is 0 Å². The van der Waals surface area contributed by atoms with Gasteiger partial charge in [0.1, 0.15) is 0 Å². The second-order valence-corrected chi connectivity index (χ2v) is 6.02. The first-order valence-electron chi connectivity index (χ1n) is 6.86. The predicted molar refractivity (Wildman–Crippen MR) is 64.3 cm³/mol. The summed E-state index contributed by atoms with van der Waals surface area (Å²) in [7, 11) is 2.21. The smallest absolute Gasteiger partial charge is 0.0635 e. The lowest BCUT2D eigenvalue weighted by Gasteiger charge is -2.50. The zero-order valence-electron chi connectivity index (χ0n) is 10.3. The van der Waals surface area contributed by atoms with E-state index in [4.69, 9.17) is 0 Å². The van der Waals surface area contributed by atoms with Gasteiger partial charge in [0.2, 0.25) is 0 Å². The fourth-order valence-electron chi connectivity index (χ4n) is 4.14. The number of aliphatic hydroxyl groups excluding tert-OH is 1. The molecule has 0 aromatic rings. The Hall–Kier alpha value is -0.120. The van der Waals surface area contributed by atoms with Gasteiger partial charge in [-0.05, 0) is 51.7 Å². The van der Waals surface area contributed by atoms with Gasteiger partial charge in [-0.15, -0.1) is 0 Å². The summed E-state index contributed by atoms with van der Waals surface area (Å²) in [4.78, 5) is 5.06. The Morgan fingerprint density at radius 3 is 2.56 bits per heavy atom. The summed E-state index contributed by atoms with van der Waals surface area (Å²) in [5, 5.41) is 10.4. The summed E-state index contributed by atoms with van der Waals surface area (Å²) in [6, 6.07) is 0.663. The first-order valence-corrected chi connectivity index (χ1v) is 6.86. The Morgan fingerprint density at radius 1 is 1.06 bits per heavy atom.